The number of amides is 1. The van der Waals surface area contributed by atoms with E-state index in [0.717, 1.165) is 10.7 Å². The molecule has 8 heteroatoms. The summed E-state index contributed by atoms with van der Waals surface area (Å²) in [5.41, 5.74) is -0.949. The first-order chi connectivity index (χ1) is 9.12. The quantitative estimate of drug-likeness (QED) is 0.352. The number of carboxylic acids is 1. The molecule has 0 fully saturated rings. The lowest BCUT2D eigenvalue weighted by Crippen LogP contribution is -2.42. The smallest absolute Gasteiger partial charge is 0.306 e. The van der Waals surface area contributed by atoms with Crippen LogP contribution in [0.3, 0.4) is 0 Å². The Hall–Kier alpha value is 0.310. The molecule has 0 saturated heterocycles. The molecule has 1 aromatic carbocycles. The number of carboxylic acid groups (broad SMARTS) is 1. The maximum atomic E-state index is 12.1. The van der Waals surface area contributed by atoms with Crippen LogP contribution >= 0.6 is 67.8 Å². The van der Waals surface area contributed by atoms with Gasteiger partial charge in [0.05, 0.1) is 17.6 Å². The molecule has 5 nitrogen and oxygen atoms in total. The fourth-order valence-electron chi connectivity index (χ4n) is 1.48. The minimum absolute atomic E-state index is 0.115. The number of halogens is 3. The van der Waals surface area contributed by atoms with Crippen molar-refractivity contribution in [3.05, 3.63) is 28.4 Å². The molecule has 1 rings (SSSR count). The Kier molecular flexibility index (Phi) is 6.92. The van der Waals surface area contributed by atoms with E-state index in [1.165, 1.54) is 6.92 Å². The third kappa shape index (κ3) is 5.60. The predicted octanol–water partition coefficient (Wildman–Crippen LogP) is 2.46. The molecule has 1 unspecified atom stereocenters. The van der Waals surface area contributed by atoms with E-state index in [0.29, 0.717) is 5.56 Å². The zero-order valence-corrected chi connectivity index (χ0v) is 16.9. The molecule has 0 aromatic heterocycles. The van der Waals surface area contributed by atoms with Crippen molar-refractivity contribution in [1.82, 2.24) is 5.32 Å². The van der Waals surface area contributed by atoms with Gasteiger partial charge in [0, 0.05) is 17.3 Å². The van der Waals surface area contributed by atoms with E-state index in [1.54, 1.807) is 6.07 Å². The predicted molar refractivity (Wildman–Crippen MR) is 99.8 cm³/mol. The van der Waals surface area contributed by atoms with Crippen molar-refractivity contribution in [2.75, 3.05) is 6.54 Å². The lowest BCUT2D eigenvalue weighted by atomic mass is 10.0. The summed E-state index contributed by atoms with van der Waals surface area (Å²) < 4.78 is 2.74. The van der Waals surface area contributed by atoms with Crippen LogP contribution in [-0.4, -0.2) is 34.2 Å². The first-order valence-corrected chi connectivity index (χ1v) is 8.73. The van der Waals surface area contributed by atoms with Gasteiger partial charge in [-0.2, -0.15) is 0 Å². The van der Waals surface area contributed by atoms with Gasteiger partial charge in [-0.25, -0.2) is 0 Å². The van der Waals surface area contributed by atoms with E-state index in [9.17, 15) is 14.7 Å². The average molecular weight is 615 g/mol. The molecule has 0 saturated carbocycles. The summed E-state index contributed by atoms with van der Waals surface area (Å²) >= 11 is 6.37. The van der Waals surface area contributed by atoms with Gasteiger partial charge in [0.15, 0.2) is 0 Å². The van der Waals surface area contributed by atoms with E-state index >= 15 is 0 Å². The molecule has 20 heavy (non-hydrogen) atoms. The fourth-order valence-corrected chi connectivity index (χ4v) is 3.88. The van der Waals surface area contributed by atoms with Crippen LogP contribution in [0.15, 0.2) is 12.1 Å². The van der Waals surface area contributed by atoms with E-state index in [4.69, 9.17) is 5.11 Å². The molecule has 0 aliphatic heterocycles. The number of aliphatic carboxylic acids is 1. The molecule has 1 amide bonds. The molecular weight excluding hydrogens is 603 g/mol. The monoisotopic (exact) mass is 615 g/mol. The summed E-state index contributed by atoms with van der Waals surface area (Å²) in [6.07, 6.45) is -0.422. The van der Waals surface area contributed by atoms with Gasteiger partial charge in [0.2, 0.25) is 0 Å². The van der Waals surface area contributed by atoms with Crippen molar-refractivity contribution >= 4 is 79.6 Å². The van der Waals surface area contributed by atoms with Crippen LogP contribution in [0.25, 0.3) is 0 Å². The maximum Gasteiger partial charge on any atom is 0.306 e. The second kappa shape index (κ2) is 7.54. The first-order valence-electron chi connectivity index (χ1n) is 5.49. The van der Waals surface area contributed by atoms with E-state index in [2.05, 4.69) is 73.1 Å². The third-order valence-corrected chi connectivity index (χ3v) is 6.07. The van der Waals surface area contributed by atoms with Crippen molar-refractivity contribution in [2.45, 2.75) is 18.9 Å². The second-order valence-corrected chi connectivity index (χ2v) is 7.99. The van der Waals surface area contributed by atoms with Crippen molar-refractivity contribution in [1.29, 1.82) is 0 Å². The normalized spacial score (nSPS) is 13.7. The Bertz CT molecular complexity index is 546. The zero-order valence-electron chi connectivity index (χ0n) is 10.4. The van der Waals surface area contributed by atoms with Gasteiger partial charge in [-0.15, -0.1) is 0 Å². The van der Waals surface area contributed by atoms with Crippen LogP contribution in [0, 0.1) is 10.7 Å². The summed E-state index contributed by atoms with van der Waals surface area (Å²) in [5, 5.41) is 21.1. The molecule has 0 aliphatic rings. The highest BCUT2D eigenvalue weighted by Gasteiger charge is 2.25. The SMILES string of the molecule is CC(O)(CNC(=O)c1cc(I)cc(I)c1I)CC(=O)O. The summed E-state index contributed by atoms with van der Waals surface area (Å²) in [6, 6.07) is 3.71. The van der Waals surface area contributed by atoms with Crippen molar-refractivity contribution in [3.8, 4) is 0 Å². The summed E-state index contributed by atoms with van der Waals surface area (Å²) in [4.78, 5) is 22.7. The Labute approximate surface area is 157 Å². The number of hydrogen-bond acceptors (Lipinski definition) is 3. The van der Waals surface area contributed by atoms with Gasteiger partial charge in [-0.05, 0) is 86.8 Å². The number of aliphatic hydroxyl groups is 1. The van der Waals surface area contributed by atoms with Crippen LogP contribution in [-0.2, 0) is 4.79 Å². The van der Waals surface area contributed by atoms with Gasteiger partial charge in [-0.3, -0.25) is 9.59 Å². The lowest BCUT2D eigenvalue weighted by molar-refractivity contribution is -0.141. The number of carbonyl (C=O) groups is 2. The van der Waals surface area contributed by atoms with Crippen LogP contribution in [0.2, 0.25) is 0 Å². The third-order valence-electron chi connectivity index (χ3n) is 2.40. The Morgan fingerprint density at radius 3 is 2.45 bits per heavy atom. The van der Waals surface area contributed by atoms with Crippen LogP contribution in [0.4, 0.5) is 0 Å². The lowest BCUT2D eigenvalue weighted by Gasteiger charge is -2.21. The number of hydrogen-bond donors (Lipinski definition) is 3. The van der Waals surface area contributed by atoms with Crippen molar-refractivity contribution in [3.63, 3.8) is 0 Å². The van der Waals surface area contributed by atoms with Gasteiger partial charge in [0.25, 0.3) is 5.91 Å². The molecule has 3 N–H and O–H groups in total. The Balaban J connectivity index is 2.80. The molecule has 110 valence electrons. The highest BCUT2D eigenvalue weighted by atomic mass is 127. The summed E-state index contributed by atoms with van der Waals surface area (Å²) in [7, 11) is 0. The second-order valence-electron chi connectivity index (χ2n) is 4.50. The van der Waals surface area contributed by atoms with Crippen LogP contribution in [0.1, 0.15) is 23.7 Å². The largest absolute Gasteiger partial charge is 0.481 e. The minimum atomic E-state index is -1.47. The highest BCUT2D eigenvalue weighted by Crippen LogP contribution is 2.23. The number of benzene rings is 1. The topological polar surface area (TPSA) is 86.6 Å². The molecule has 0 radical (unpaired) electrons. The molecule has 0 heterocycles. The molecule has 0 bridgehead atoms. The standard InChI is InChI=1S/C12H12I3NO4/c1-12(20,4-9(17)18)5-16-11(19)7-2-6(13)3-8(14)10(7)15/h2-3,20H,4-5H2,1H3,(H,16,19)(H,17,18). The van der Waals surface area contributed by atoms with Crippen LogP contribution in [0.5, 0.6) is 0 Å². The first kappa shape index (κ1) is 18.4. The van der Waals surface area contributed by atoms with Crippen LogP contribution < -0.4 is 5.32 Å². The van der Waals surface area contributed by atoms with Gasteiger partial charge >= 0.3 is 5.97 Å². The van der Waals surface area contributed by atoms with Gasteiger partial charge < -0.3 is 15.5 Å². The van der Waals surface area contributed by atoms with Crippen molar-refractivity contribution in [2.24, 2.45) is 0 Å². The fraction of sp³-hybridized carbons (Fsp3) is 0.333. The Morgan fingerprint density at radius 1 is 1.30 bits per heavy atom. The summed E-state index contributed by atoms with van der Waals surface area (Å²) in [6.45, 7) is 1.27. The number of rotatable bonds is 5. The number of carbonyl (C=O) groups excluding carboxylic acids is 1. The van der Waals surface area contributed by atoms with E-state index < -0.39 is 18.0 Å². The molecule has 0 aliphatic carbocycles. The zero-order chi connectivity index (χ0) is 15.5. The highest BCUT2D eigenvalue weighted by molar-refractivity contribution is 14.1. The average Bonchev–Trinajstić information content (AvgIpc) is 2.29. The summed E-state index contributed by atoms with van der Waals surface area (Å²) in [5.74, 6) is -1.43. The van der Waals surface area contributed by atoms with E-state index in [1.807, 2.05) is 6.07 Å². The minimum Gasteiger partial charge on any atom is -0.481 e. The molecule has 1 aromatic rings. The van der Waals surface area contributed by atoms with Gasteiger partial charge in [-0.1, -0.05) is 0 Å². The number of nitrogens with one attached hydrogen (secondary N) is 1. The van der Waals surface area contributed by atoms with Gasteiger partial charge in [0.1, 0.15) is 0 Å². The molecular formula is C12H12I3NO4. The Morgan fingerprint density at radius 2 is 1.90 bits per heavy atom. The molecule has 1 atom stereocenters. The van der Waals surface area contributed by atoms with Crippen molar-refractivity contribution < 1.29 is 19.8 Å². The van der Waals surface area contributed by atoms with E-state index in [-0.39, 0.29) is 12.5 Å². The molecule has 0 spiro atoms. The maximum absolute atomic E-state index is 12.1.